The Hall–Kier alpha value is -6.92. The highest BCUT2D eigenvalue weighted by molar-refractivity contribution is 6.16. The molecule has 1 atom stereocenters. The summed E-state index contributed by atoms with van der Waals surface area (Å²) in [6.45, 7) is 0. The van der Waals surface area contributed by atoms with E-state index in [9.17, 15) is 0 Å². The number of aliphatic imine (C=N–C) groups is 2. The third-order valence-electron chi connectivity index (χ3n) is 9.62. The Morgan fingerprint density at radius 3 is 1.76 bits per heavy atom. The summed E-state index contributed by atoms with van der Waals surface area (Å²) in [5, 5.41) is 5.70. The van der Waals surface area contributed by atoms with Crippen molar-refractivity contribution in [2.45, 2.75) is 6.17 Å². The lowest BCUT2D eigenvalue weighted by Gasteiger charge is -2.40. The van der Waals surface area contributed by atoms with Crippen molar-refractivity contribution in [3.8, 4) is 0 Å². The Morgan fingerprint density at radius 2 is 1.08 bits per heavy atom. The highest BCUT2D eigenvalue weighted by Gasteiger charge is 2.32. The minimum absolute atomic E-state index is 0.276. The molecule has 0 aliphatic carbocycles. The third-order valence-corrected chi connectivity index (χ3v) is 9.62. The summed E-state index contributed by atoms with van der Waals surface area (Å²) in [5.74, 6) is 1.44. The Bertz CT molecular complexity index is 2580. The number of furan rings is 1. The second-order valence-electron chi connectivity index (χ2n) is 12.7. The minimum Gasteiger partial charge on any atom is -0.454 e. The molecule has 1 N–H and O–H groups in total. The predicted molar refractivity (Wildman–Crippen MR) is 208 cm³/mol. The van der Waals surface area contributed by atoms with Gasteiger partial charge in [-0.3, -0.25) is 0 Å². The van der Waals surface area contributed by atoms with Crippen LogP contribution >= 0.6 is 0 Å². The van der Waals surface area contributed by atoms with Gasteiger partial charge in [0, 0.05) is 27.6 Å². The number of nitrogens with zero attached hydrogens (tertiary/aromatic N) is 4. The van der Waals surface area contributed by atoms with Crippen LogP contribution in [0.2, 0.25) is 0 Å². The first-order valence-corrected chi connectivity index (χ1v) is 17.1. The van der Waals surface area contributed by atoms with Gasteiger partial charge in [-0.05, 0) is 60.2 Å². The van der Waals surface area contributed by atoms with Crippen molar-refractivity contribution in [2.75, 3.05) is 9.80 Å². The van der Waals surface area contributed by atoms with Gasteiger partial charge >= 0.3 is 0 Å². The van der Waals surface area contributed by atoms with Gasteiger partial charge in [0.15, 0.2) is 11.4 Å². The molecule has 0 bridgehead atoms. The normalized spacial score (nSPS) is 15.2. The number of hydrogen-bond acceptors (Lipinski definition) is 6. The smallest absolute Gasteiger partial charge is 0.159 e. The fraction of sp³-hybridized carbons (Fsp3) is 0.0222. The Morgan fingerprint density at radius 1 is 0.490 bits per heavy atom. The van der Waals surface area contributed by atoms with Crippen LogP contribution in [0.4, 0.5) is 34.1 Å². The maximum atomic E-state index is 6.86. The third kappa shape index (κ3) is 4.88. The first kappa shape index (κ1) is 29.0. The van der Waals surface area contributed by atoms with Gasteiger partial charge in [0.2, 0.25) is 0 Å². The average molecular weight is 658 g/mol. The van der Waals surface area contributed by atoms with E-state index < -0.39 is 0 Å². The van der Waals surface area contributed by atoms with E-state index in [0.717, 1.165) is 78.6 Å². The van der Waals surface area contributed by atoms with Crippen LogP contribution in [0.5, 0.6) is 0 Å². The number of rotatable bonds is 5. The highest BCUT2D eigenvalue weighted by Crippen LogP contribution is 2.55. The van der Waals surface area contributed by atoms with Gasteiger partial charge in [0.1, 0.15) is 17.6 Å². The molecule has 242 valence electrons. The van der Waals surface area contributed by atoms with Gasteiger partial charge in [-0.15, -0.1) is 0 Å². The molecule has 6 heteroatoms. The maximum absolute atomic E-state index is 6.86. The van der Waals surface area contributed by atoms with Gasteiger partial charge in [0.05, 0.1) is 28.4 Å². The van der Waals surface area contributed by atoms with Crippen molar-refractivity contribution in [1.82, 2.24) is 5.32 Å². The van der Waals surface area contributed by atoms with E-state index in [0.29, 0.717) is 5.84 Å². The second-order valence-corrected chi connectivity index (χ2v) is 12.7. The molecule has 0 saturated carbocycles. The molecule has 2 aliphatic rings. The van der Waals surface area contributed by atoms with Gasteiger partial charge < -0.3 is 19.5 Å². The molecule has 0 spiro atoms. The SMILES string of the molecule is c1ccc(C2=NC(c3ccccc3)NC(c3ccc4c(c3)oc3c(N5c6ccccc6N(c6ccccc6)c6ccccc65)cccc34)=N2)cc1. The topological polar surface area (TPSA) is 56.4 Å². The summed E-state index contributed by atoms with van der Waals surface area (Å²) in [4.78, 5) is 14.7. The summed E-state index contributed by atoms with van der Waals surface area (Å²) in [6, 6.07) is 60.9. The van der Waals surface area contributed by atoms with Crippen molar-refractivity contribution in [3.05, 3.63) is 193 Å². The van der Waals surface area contributed by atoms with Gasteiger partial charge in [0.25, 0.3) is 0 Å². The quantitative estimate of drug-likeness (QED) is 0.200. The standard InChI is InChI=1S/C45H31N5O/c1-4-15-30(16-5-1)43-46-44(31-17-6-2-7-18-31)48-45(47-43)32-27-28-34-35-21-14-26-40(42(35)51-41(34)29-32)50-38-24-12-10-22-36(38)49(33-19-8-3-9-20-33)37-23-11-13-25-39(37)50/h1-29,43H,(H,46,47,48). The van der Waals surface area contributed by atoms with E-state index in [4.69, 9.17) is 14.4 Å². The molecule has 7 aromatic carbocycles. The van der Waals surface area contributed by atoms with Crippen molar-refractivity contribution < 1.29 is 4.42 Å². The van der Waals surface area contributed by atoms with E-state index >= 15 is 0 Å². The number of para-hydroxylation sites is 6. The lowest BCUT2D eigenvalue weighted by atomic mass is 10.0. The fourth-order valence-corrected chi connectivity index (χ4v) is 7.28. The Kier molecular flexibility index (Phi) is 6.77. The average Bonchev–Trinajstić information content (AvgIpc) is 3.59. The number of fused-ring (bicyclic) bond motifs is 5. The maximum Gasteiger partial charge on any atom is 0.159 e. The molecule has 0 amide bonds. The molecular formula is C45H31N5O. The van der Waals surface area contributed by atoms with Crippen molar-refractivity contribution in [1.29, 1.82) is 0 Å². The molecule has 0 fully saturated rings. The van der Waals surface area contributed by atoms with Crippen molar-refractivity contribution in [3.63, 3.8) is 0 Å². The van der Waals surface area contributed by atoms with Crippen molar-refractivity contribution >= 4 is 67.7 Å². The van der Waals surface area contributed by atoms with Crippen LogP contribution in [0.15, 0.2) is 190 Å². The van der Waals surface area contributed by atoms with Crippen molar-refractivity contribution in [2.24, 2.45) is 9.98 Å². The zero-order chi connectivity index (χ0) is 33.7. The van der Waals surface area contributed by atoms with E-state index in [-0.39, 0.29) is 6.17 Å². The van der Waals surface area contributed by atoms with Crippen LogP contribution in [0.3, 0.4) is 0 Å². The van der Waals surface area contributed by atoms with Crippen LogP contribution in [-0.2, 0) is 0 Å². The van der Waals surface area contributed by atoms with E-state index in [1.54, 1.807) is 0 Å². The molecule has 10 rings (SSSR count). The fourth-order valence-electron chi connectivity index (χ4n) is 7.28. The number of hydrogen-bond donors (Lipinski definition) is 1. The monoisotopic (exact) mass is 657 g/mol. The molecule has 0 saturated heterocycles. The Labute approximate surface area is 295 Å². The molecule has 6 nitrogen and oxygen atoms in total. The summed E-state index contributed by atoms with van der Waals surface area (Å²) in [5.41, 5.74) is 11.0. The van der Waals surface area contributed by atoms with Crippen LogP contribution in [0.1, 0.15) is 22.9 Å². The van der Waals surface area contributed by atoms with Crippen LogP contribution in [0, 0.1) is 0 Å². The van der Waals surface area contributed by atoms with Crippen LogP contribution in [-0.4, -0.2) is 11.7 Å². The van der Waals surface area contributed by atoms with Gasteiger partial charge in [-0.2, -0.15) is 0 Å². The van der Waals surface area contributed by atoms with Gasteiger partial charge in [-0.1, -0.05) is 121 Å². The van der Waals surface area contributed by atoms with E-state index in [2.05, 4.69) is 143 Å². The zero-order valence-electron chi connectivity index (χ0n) is 27.5. The van der Waals surface area contributed by atoms with E-state index in [1.807, 2.05) is 48.5 Å². The zero-order valence-corrected chi connectivity index (χ0v) is 27.5. The summed E-state index contributed by atoms with van der Waals surface area (Å²) in [6.07, 6.45) is -0.276. The van der Waals surface area contributed by atoms with E-state index in [1.165, 1.54) is 0 Å². The molecule has 3 heterocycles. The first-order chi connectivity index (χ1) is 25.3. The Balaban J connectivity index is 1.11. The molecule has 1 aromatic heterocycles. The number of benzene rings is 7. The number of amidine groups is 2. The second kappa shape index (κ2) is 11.9. The van der Waals surface area contributed by atoms with Gasteiger partial charge in [-0.25, -0.2) is 9.98 Å². The highest BCUT2D eigenvalue weighted by atomic mass is 16.3. The summed E-state index contributed by atoms with van der Waals surface area (Å²) in [7, 11) is 0. The minimum atomic E-state index is -0.276. The molecule has 0 radical (unpaired) electrons. The summed E-state index contributed by atoms with van der Waals surface area (Å²) < 4.78 is 6.86. The van der Waals surface area contributed by atoms with Crippen LogP contribution in [0.25, 0.3) is 21.9 Å². The largest absolute Gasteiger partial charge is 0.454 e. The summed E-state index contributed by atoms with van der Waals surface area (Å²) >= 11 is 0. The lowest BCUT2D eigenvalue weighted by Crippen LogP contribution is -2.33. The lowest BCUT2D eigenvalue weighted by molar-refractivity contribution is 0.666. The molecule has 2 aliphatic heterocycles. The molecule has 8 aromatic rings. The molecule has 51 heavy (non-hydrogen) atoms. The molecular weight excluding hydrogens is 627 g/mol. The predicted octanol–water partition coefficient (Wildman–Crippen LogP) is 11.3. The van der Waals surface area contributed by atoms with Crippen LogP contribution < -0.4 is 15.1 Å². The first-order valence-electron chi connectivity index (χ1n) is 17.1. The molecule has 1 unspecified atom stereocenters. The number of nitrogens with one attached hydrogen (secondary N) is 1. The number of anilines is 6.